The second kappa shape index (κ2) is 6.32. The van der Waals surface area contributed by atoms with Crippen molar-refractivity contribution >= 4 is 23.1 Å². The van der Waals surface area contributed by atoms with E-state index in [1.165, 1.54) is 0 Å². The van der Waals surface area contributed by atoms with Gasteiger partial charge in [-0.2, -0.15) is 26.3 Å². The minimum atomic E-state index is -5.86. The van der Waals surface area contributed by atoms with Crippen molar-refractivity contribution in [3.05, 3.63) is 82.9 Å². The number of rotatable bonds is 2. The van der Waals surface area contributed by atoms with Crippen LogP contribution in [0.2, 0.25) is 0 Å². The van der Waals surface area contributed by atoms with Crippen molar-refractivity contribution in [3.63, 3.8) is 0 Å². The van der Waals surface area contributed by atoms with Gasteiger partial charge < -0.3 is 4.74 Å². The molecule has 4 rings (SSSR count). The first-order valence-corrected chi connectivity index (χ1v) is 8.84. The van der Waals surface area contributed by atoms with Gasteiger partial charge >= 0.3 is 18.3 Å². The van der Waals surface area contributed by atoms with Gasteiger partial charge in [-0.15, -0.1) is 0 Å². The molecule has 0 saturated heterocycles. The number of alkyl halides is 6. The fourth-order valence-electron chi connectivity index (χ4n) is 4.09. The highest BCUT2D eigenvalue weighted by molar-refractivity contribution is 6.11. The molecule has 0 radical (unpaired) electrons. The lowest BCUT2D eigenvalue weighted by atomic mass is 9.71. The van der Waals surface area contributed by atoms with E-state index in [2.05, 4.69) is 13.2 Å². The van der Waals surface area contributed by atoms with E-state index in [0.717, 1.165) is 12.1 Å². The normalized spacial score (nSPS) is 16.5. The first-order chi connectivity index (χ1) is 14.3. The summed E-state index contributed by atoms with van der Waals surface area (Å²) in [7, 11) is 0. The molecule has 0 atom stereocenters. The Kier molecular flexibility index (Phi) is 4.26. The molecule has 160 valence electrons. The SMILES string of the molecule is C=C1CC(=O)c2cc(C(c3ccc4c(c3)C(=O)OC4=C)(C(F)(F)F)C(F)(F)F)ccc21. The molecule has 0 aromatic heterocycles. The van der Waals surface area contributed by atoms with E-state index in [1.54, 1.807) is 0 Å². The van der Waals surface area contributed by atoms with Crippen molar-refractivity contribution in [2.24, 2.45) is 0 Å². The minimum absolute atomic E-state index is 0.00688. The molecule has 0 N–H and O–H groups in total. The van der Waals surface area contributed by atoms with E-state index < -0.39 is 46.2 Å². The zero-order valence-corrected chi connectivity index (χ0v) is 15.6. The molecule has 0 bridgehead atoms. The van der Waals surface area contributed by atoms with Crippen LogP contribution >= 0.6 is 0 Å². The van der Waals surface area contributed by atoms with Crippen LogP contribution in [0.4, 0.5) is 26.3 Å². The molecule has 1 heterocycles. The maximum Gasteiger partial charge on any atom is 0.411 e. The Morgan fingerprint density at radius 3 is 1.81 bits per heavy atom. The first kappa shape index (κ1) is 20.9. The Morgan fingerprint density at radius 2 is 1.26 bits per heavy atom. The number of hydrogen-bond donors (Lipinski definition) is 0. The van der Waals surface area contributed by atoms with Crippen LogP contribution in [-0.2, 0) is 10.2 Å². The molecule has 1 aliphatic heterocycles. The summed E-state index contributed by atoms with van der Waals surface area (Å²) in [6, 6.07) is 4.43. The number of hydrogen-bond acceptors (Lipinski definition) is 3. The third kappa shape index (κ3) is 2.75. The zero-order valence-electron chi connectivity index (χ0n) is 15.6. The predicted octanol–water partition coefficient (Wildman–Crippen LogP) is 5.84. The third-order valence-corrected chi connectivity index (χ3v) is 5.55. The minimum Gasteiger partial charge on any atom is -0.423 e. The molecule has 31 heavy (non-hydrogen) atoms. The second-order valence-electron chi connectivity index (χ2n) is 7.28. The van der Waals surface area contributed by atoms with E-state index in [0.29, 0.717) is 29.8 Å². The Morgan fingerprint density at radius 1 is 0.742 bits per heavy atom. The van der Waals surface area contributed by atoms with Gasteiger partial charge in [-0.3, -0.25) is 4.79 Å². The fraction of sp³-hybridized carbons (Fsp3) is 0.182. The number of carbonyl (C=O) groups is 2. The summed E-state index contributed by atoms with van der Waals surface area (Å²) in [5.74, 6) is -1.88. The van der Waals surface area contributed by atoms with Crippen LogP contribution < -0.4 is 0 Å². The molecule has 1 aliphatic carbocycles. The molecular formula is C22H12F6O3. The predicted molar refractivity (Wildman–Crippen MR) is 98.2 cm³/mol. The van der Waals surface area contributed by atoms with Gasteiger partial charge in [-0.1, -0.05) is 37.4 Å². The number of carbonyl (C=O) groups excluding carboxylic acids is 2. The van der Waals surface area contributed by atoms with E-state index in [4.69, 9.17) is 4.74 Å². The number of fused-ring (bicyclic) bond motifs is 2. The summed E-state index contributed by atoms with van der Waals surface area (Å²) in [6.07, 6.45) is -11.9. The summed E-state index contributed by atoms with van der Waals surface area (Å²) < 4.78 is 90.7. The number of ketones is 1. The topological polar surface area (TPSA) is 43.4 Å². The van der Waals surface area contributed by atoms with E-state index >= 15 is 0 Å². The summed E-state index contributed by atoms with van der Waals surface area (Å²) >= 11 is 0. The highest BCUT2D eigenvalue weighted by atomic mass is 19.4. The Balaban J connectivity index is 2.06. The van der Waals surface area contributed by atoms with Crippen LogP contribution in [0.15, 0.2) is 49.6 Å². The maximum atomic E-state index is 14.3. The standard InChI is InChI=1S/C22H12F6O3/c1-10-7-18(29)16-8-12(3-5-14(10)16)20(21(23,24)25,22(26,27)28)13-4-6-15-11(2)31-19(30)17(15)9-13/h3-6,8-9H,1-2,7H2. The van der Waals surface area contributed by atoms with Gasteiger partial charge in [0.05, 0.1) is 5.56 Å². The van der Waals surface area contributed by atoms with E-state index in [1.807, 2.05) is 0 Å². The van der Waals surface area contributed by atoms with Crippen molar-refractivity contribution in [2.45, 2.75) is 24.2 Å². The van der Waals surface area contributed by atoms with Gasteiger partial charge in [-0.05, 0) is 34.4 Å². The van der Waals surface area contributed by atoms with Gasteiger partial charge in [0.1, 0.15) is 5.76 Å². The zero-order chi connectivity index (χ0) is 22.9. The van der Waals surface area contributed by atoms with Crippen molar-refractivity contribution in [2.75, 3.05) is 0 Å². The van der Waals surface area contributed by atoms with Crippen LogP contribution in [0.5, 0.6) is 0 Å². The van der Waals surface area contributed by atoms with Gasteiger partial charge in [-0.25, -0.2) is 4.79 Å². The molecule has 2 aromatic rings. The number of allylic oxidation sites excluding steroid dienone is 1. The monoisotopic (exact) mass is 438 g/mol. The molecular weight excluding hydrogens is 426 g/mol. The summed E-state index contributed by atoms with van der Waals surface area (Å²) in [4.78, 5) is 24.1. The van der Waals surface area contributed by atoms with Gasteiger partial charge in [0.15, 0.2) is 5.78 Å². The molecule has 3 nitrogen and oxygen atoms in total. The number of cyclic esters (lactones) is 1. The molecule has 9 heteroatoms. The Hall–Kier alpha value is -3.36. The van der Waals surface area contributed by atoms with Crippen LogP contribution in [-0.4, -0.2) is 24.1 Å². The highest BCUT2D eigenvalue weighted by Gasteiger charge is 2.72. The van der Waals surface area contributed by atoms with Crippen LogP contribution in [0, 0.1) is 0 Å². The van der Waals surface area contributed by atoms with Crippen molar-refractivity contribution in [3.8, 4) is 0 Å². The molecule has 0 spiro atoms. The van der Waals surface area contributed by atoms with Crippen LogP contribution in [0.3, 0.4) is 0 Å². The number of esters is 1. The smallest absolute Gasteiger partial charge is 0.411 e. The third-order valence-electron chi connectivity index (χ3n) is 5.55. The summed E-state index contributed by atoms with van der Waals surface area (Å²) in [5.41, 5.74) is -7.07. The fourth-order valence-corrected chi connectivity index (χ4v) is 4.09. The quantitative estimate of drug-likeness (QED) is 0.437. The molecule has 2 aromatic carbocycles. The largest absolute Gasteiger partial charge is 0.423 e. The number of Topliss-reactive ketones (excluding diaryl/α,β-unsaturated/α-hetero) is 1. The summed E-state index contributed by atoms with van der Waals surface area (Å²) in [6.45, 7) is 7.04. The average molecular weight is 438 g/mol. The Labute approximate surface area is 171 Å². The maximum absolute atomic E-state index is 14.3. The second-order valence-corrected chi connectivity index (χ2v) is 7.28. The number of halogens is 6. The Bertz CT molecular complexity index is 1090. The summed E-state index contributed by atoms with van der Waals surface area (Å²) in [5, 5.41) is 0. The molecule has 0 unspecified atom stereocenters. The van der Waals surface area contributed by atoms with Crippen LogP contribution in [0.25, 0.3) is 11.3 Å². The number of ether oxygens (including phenoxy) is 1. The van der Waals surface area contributed by atoms with Crippen molar-refractivity contribution in [1.29, 1.82) is 0 Å². The number of benzene rings is 2. The van der Waals surface area contributed by atoms with Gasteiger partial charge in [0.25, 0.3) is 0 Å². The lowest BCUT2D eigenvalue weighted by molar-refractivity contribution is -0.288. The van der Waals surface area contributed by atoms with E-state index in [9.17, 15) is 35.9 Å². The highest BCUT2D eigenvalue weighted by Crippen LogP contribution is 2.57. The lowest BCUT2D eigenvalue weighted by Gasteiger charge is -2.38. The molecule has 0 fully saturated rings. The van der Waals surface area contributed by atoms with E-state index in [-0.39, 0.29) is 28.9 Å². The van der Waals surface area contributed by atoms with Crippen molar-refractivity contribution in [1.82, 2.24) is 0 Å². The average Bonchev–Trinajstić information content (AvgIpc) is 3.09. The van der Waals surface area contributed by atoms with Crippen molar-refractivity contribution < 1.29 is 40.7 Å². The lowest BCUT2D eigenvalue weighted by Crippen LogP contribution is -2.55. The van der Waals surface area contributed by atoms with Gasteiger partial charge in [0, 0.05) is 17.5 Å². The molecule has 2 aliphatic rings. The molecule has 0 amide bonds. The van der Waals surface area contributed by atoms with Gasteiger partial charge in [0.2, 0.25) is 5.41 Å². The first-order valence-electron chi connectivity index (χ1n) is 8.84. The molecule has 0 saturated carbocycles. The van der Waals surface area contributed by atoms with Crippen LogP contribution in [0.1, 0.15) is 49.4 Å².